The van der Waals surface area contributed by atoms with Crippen molar-refractivity contribution in [2.75, 3.05) is 0 Å². The normalized spacial score (nSPS) is 13.1. The Bertz CT molecular complexity index is 996. The first kappa shape index (κ1) is 10.1. The minimum absolute atomic E-state index is 0.760. The first-order valence-corrected chi connectivity index (χ1v) is 6.53. The molecule has 0 N–H and O–H groups in total. The zero-order valence-corrected chi connectivity index (χ0v) is 10.9. The molecule has 5 heteroatoms. The largest absolute Gasteiger partial charge is 0.413 e. The third kappa shape index (κ3) is 1.02. The van der Waals surface area contributed by atoms with Gasteiger partial charge in [-0.25, -0.2) is 4.57 Å². The second kappa shape index (κ2) is 3.25. The molecule has 0 radical (unpaired) electrons. The van der Waals surface area contributed by atoms with Crippen LogP contribution in [0, 0.1) is 0 Å². The first-order chi connectivity index (χ1) is 9.84. The van der Waals surface area contributed by atoms with Crippen LogP contribution in [0.1, 0.15) is 5.69 Å². The van der Waals surface area contributed by atoms with Crippen LogP contribution >= 0.6 is 0 Å². The minimum Gasteiger partial charge on any atom is -0.413 e. The zero-order valence-electron chi connectivity index (χ0n) is 10.9. The fourth-order valence-electron chi connectivity index (χ4n) is 3.15. The van der Waals surface area contributed by atoms with Crippen molar-refractivity contribution in [1.82, 2.24) is 14.5 Å². The summed E-state index contributed by atoms with van der Waals surface area (Å²) in [7, 11) is 2.06. The third-order valence-electron chi connectivity index (χ3n) is 4.05. The summed E-state index contributed by atoms with van der Waals surface area (Å²) in [6, 6.07) is 6.02. The molecule has 0 amide bonds. The summed E-state index contributed by atoms with van der Waals surface area (Å²) in [6.07, 6.45) is 5.50. The average molecular weight is 263 g/mol. The van der Waals surface area contributed by atoms with Gasteiger partial charge in [-0.05, 0) is 12.1 Å². The predicted molar refractivity (Wildman–Crippen MR) is 73.0 cm³/mol. The number of aryl methyl sites for hydroxylation is 1. The number of hydrogen-bond donors (Lipinski definition) is 0. The highest BCUT2D eigenvalue weighted by molar-refractivity contribution is 6.02. The molecule has 96 valence electrons. The van der Waals surface area contributed by atoms with Crippen molar-refractivity contribution >= 4 is 22.1 Å². The van der Waals surface area contributed by atoms with Gasteiger partial charge in [-0.15, -0.1) is 0 Å². The number of rotatable bonds is 0. The van der Waals surface area contributed by atoms with Gasteiger partial charge >= 0.3 is 5.65 Å². The van der Waals surface area contributed by atoms with Crippen molar-refractivity contribution in [1.29, 1.82) is 0 Å². The molecule has 5 rings (SSSR count). The van der Waals surface area contributed by atoms with E-state index in [1.54, 1.807) is 0 Å². The summed E-state index contributed by atoms with van der Waals surface area (Å²) in [5.41, 5.74) is 5.27. The smallest absolute Gasteiger partial charge is 0.329 e. The van der Waals surface area contributed by atoms with Gasteiger partial charge in [0.15, 0.2) is 0 Å². The molecule has 20 heavy (non-hydrogen) atoms. The molecule has 0 saturated heterocycles. The fourth-order valence-corrected chi connectivity index (χ4v) is 3.15. The van der Waals surface area contributed by atoms with E-state index in [1.807, 2.05) is 30.7 Å². The Hall–Kier alpha value is -2.69. The highest BCUT2D eigenvalue weighted by Crippen LogP contribution is 2.34. The molecule has 0 bridgehead atoms. The maximum Gasteiger partial charge on any atom is 0.329 e. The van der Waals surface area contributed by atoms with Crippen LogP contribution in [0.5, 0.6) is 0 Å². The lowest BCUT2D eigenvalue weighted by atomic mass is 10.2. The van der Waals surface area contributed by atoms with E-state index in [2.05, 4.69) is 32.2 Å². The van der Waals surface area contributed by atoms with Crippen molar-refractivity contribution in [3.05, 3.63) is 42.5 Å². The molecule has 0 aromatic carbocycles. The lowest BCUT2D eigenvalue weighted by Crippen LogP contribution is -2.32. The van der Waals surface area contributed by atoms with Gasteiger partial charge in [0.1, 0.15) is 12.1 Å². The van der Waals surface area contributed by atoms with Crippen LogP contribution in [0.2, 0.25) is 0 Å². The summed E-state index contributed by atoms with van der Waals surface area (Å²) in [5.74, 6) is 0.888. The lowest BCUT2D eigenvalue weighted by Gasteiger charge is -1.91. The molecular weight excluding hydrogens is 252 g/mol. The number of fused-ring (bicyclic) bond motifs is 7. The van der Waals surface area contributed by atoms with Gasteiger partial charge in [-0.2, -0.15) is 4.57 Å². The topological polar surface area (TPSA) is 47.7 Å². The number of aromatic nitrogens is 4. The van der Waals surface area contributed by atoms with Crippen LogP contribution in [-0.2, 0) is 13.6 Å². The van der Waals surface area contributed by atoms with Gasteiger partial charge in [0, 0.05) is 24.7 Å². The fraction of sp³-hybridized carbons (Fsp3) is 0.133. The molecule has 4 aromatic rings. The molecule has 1 aliphatic rings. The van der Waals surface area contributed by atoms with Crippen LogP contribution in [0.4, 0.5) is 0 Å². The van der Waals surface area contributed by atoms with E-state index in [0.717, 1.165) is 45.8 Å². The number of nitrogens with zero attached hydrogens (tertiary/aromatic N) is 4. The Morgan fingerprint density at radius 1 is 1.30 bits per heavy atom. The number of oxazole rings is 1. The van der Waals surface area contributed by atoms with Gasteiger partial charge < -0.3 is 4.42 Å². The molecule has 0 atom stereocenters. The second-order valence-electron chi connectivity index (χ2n) is 5.10. The monoisotopic (exact) mass is 263 g/mol. The van der Waals surface area contributed by atoms with E-state index in [9.17, 15) is 0 Å². The molecule has 0 fully saturated rings. The molecule has 0 saturated carbocycles. The van der Waals surface area contributed by atoms with E-state index in [1.165, 1.54) is 0 Å². The van der Waals surface area contributed by atoms with Gasteiger partial charge in [-0.1, -0.05) is 0 Å². The summed E-state index contributed by atoms with van der Waals surface area (Å²) in [4.78, 5) is 8.64. The van der Waals surface area contributed by atoms with Crippen LogP contribution < -0.4 is 4.57 Å². The summed E-state index contributed by atoms with van der Waals surface area (Å²) in [6.45, 7) is 0.760. The first-order valence-electron chi connectivity index (χ1n) is 6.53. The average Bonchev–Trinajstić information content (AvgIpc) is 3.09. The molecule has 0 spiro atoms. The van der Waals surface area contributed by atoms with Gasteiger partial charge in [0.2, 0.25) is 5.58 Å². The number of pyridine rings is 2. The van der Waals surface area contributed by atoms with Crippen molar-refractivity contribution in [2.45, 2.75) is 6.54 Å². The highest BCUT2D eigenvalue weighted by Gasteiger charge is 2.34. The standard InChI is InChI=1S/C15H11N4O/c1-18-12-4-6-16-7-10(12)13-14(18)19-8-11-9(15(19)20-13)3-2-5-17-11/h2-7H,8H2,1H3/q+1. The van der Waals surface area contributed by atoms with Gasteiger partial charge in [-0.3, -0.25) is 9.97 Å². The van der Waals surface area contributed by atoms with E-state index in [4.69, 9.17) is 4.42 Å². The number of hydrogen-bond acceptors (Lipinski definition) is 3. The molecule has 0 unspecified atom stereocenters. The van der Waals surface area contributed by atoms with Gasteiger partial charge in [0.25, 0.3) is 5.89 Å². The predicted octanol–water partition coefficient (Wildman–Crippen LogP) is 2.03. The molecule has 5 nitrogen and oxygen atoms in total. The summed E-state index contributed by atoms with van der Waals surface area (Å²) in [5, 5.41) is 1.05. The lowest BCUT2D eigenvalue weighted by molar-refractivity contribution is -0.652. The van der Waals surface area contributed by atoms with Crippen LogP contribution in [0.15, 0.2) is 41.2 Å². The minimum atomic E-state index is 0.760. The van der Waals surface area contributed by atoms with E-state index in [-0.39, 0.29) is 0 Å². The summed E-state index contributed by atoms with van der Waals surface area (Å²) < 4.78 is 10.5. The Morgan fingerprint density at radius 3 is 3.20 bits per heavy atom. The van der Waals surface area contributed by atoms with E-state index in [0.29, 0.717) is 0 Å². The van der Waals surface area contributed by atoms with Crippen LogP contribution in [-0.4, -0.2) is 14.5 Å². The summed E-state index contributed by atoms with van der Waals surface area (Å²) >= 11 is 0. The second-order valence-corrected chi connectivity index (χ2v) is 5.10. The van der Waals surface area contributed by atoms with Crippen molar-refractivity contribution < 1.29 is 8.98 Å². The Labute approximate surface area is 114 Å². The molecular formula is C15H11N4O+. The maximum atomic E-state index is 6.13. The molecule has 1 aliphatic heterocycles. The SMILES string of the molecule is Cn1c2ccncc2c2oc3[n+](c21)Cc1ncccc1-3. The van der Waals surface area contributed by atoms with Crippen molar-refractivity contribution in [3.63, 3.8) is 0 Å². The van der Waals surface area contributed by atoms with Crippen LogP contribution in [0.25, 0.3) is 33.6 Å². The van der Waals surface area contributed by atoms with Crippen molar-refractivity contribution in [2.24, 2.45) is 7.05 Å². The third-order valence-corrected chi connectivity index (χ3v) is 4.05. The van der Waals surface area contributed by atoms with E-state index < -0.39 is 0 Å². The Balaban J connectivity index is 1.97. The van der Waals surface area contributed by atoms with E-state index >= 15 is 0 Å². The Kier molecular flexibility index (Phi) is 1.65. The van der Waals surface area contributed by atoms with Gasteiger partial charge in [0.05, 0.1) is 23.7 Å². The molecule has 0 aliphatic carbocycles. The van der Waals surface area contributed by atoms with Crippen molar-refractivity contribution in [3.8, 4) is 11.5 Å². The Morgan fingerprint density at radius 2 is 2.25 bits per heavy atom. The highest BCUT2D eigenvalue weighted by atomic mass is 16.4. The maximum absolute atomic E-state index is 6.13. The molecule has 4 aromatic heterocycles. The van der Waals surface area contributed by atoms with Crippen LogP contribution in [0.3, 0.4) is 0 Å². The molecule has 5 heterocycles. The zero-order chi connectivity index (χ0) is 13.3. The quantitative estimate of drug-likeness (QED) is 0.402.